The number of para-hydroxylation sites is 1. The van der Waals surface area contributed by atoms with Crippen LogP contribution in [0, 0.1) is 5.92 Å². The summed E-state index contributed by atoms with van der Waals surface area (Å²) in [6, 6.07) is 9.22. The summed E-state index contributed by atoms with van der Waals surface area (Å²) in [7, 11) is 0. The van der Waals surface area contributed by atoms with Crippen molar-refractivity contribution in [3.05, 3.63) is 53.9 Å². The van der Waals surface area contributed by atoms with Gasteiger partial charge in [0.1, 0.15) is 13.2 Å². The summed E-state index contributed by atoms with van der Waals surface area (Å²) in [4.78, 5) is 18.6. The average molecular weight is 340 g/mol. The molecule has 2 aliphatic rings. The number of fused-ring (bicyclic) bond motifs is 1. The van der Waals surface area contributed by atoms with Crippen molar-refractivity contribution in [1.29, 1.82) is 0 Å². The van der Waals surface area contributed by atoms with E-state index in [2.05, 4.69) is 4.98 Å². The minimum absolute atomic E-state index is 0.0167. The van der Waals surface area contributed by atoms with Gasteiger partial charge in [-0.05, 0) is 36.2 Å². The minimum atomic E-state index is -0.533. The maximum Gasteiger partial charge on any atom is 0.257 e. The summed E-state index contributed by atoms with van der Waals surface area (Å²) in [6.45, 7) is 1.78. The van der Waals surface area contributed by atoms with Crippen LogP contribution in [0.2, 0.25) is 0 Å². The third kappa shape index (κ3) is 3.17. The number of aliphatic hydroxyl groups is 1. The number of β-amino-alcohol motifs (C(OH)–C–C–N with tert-alkyl or cyclic N) is 1. The molecule has 2 aliphatic heterocycles. The first-order valence-corrected chi connectivity index (χ1v) is 8.47. The fourth-order valence-electron chi connectivity index (χ4n) is 3.45. The number of aliphatic hydroxyl groups excluding tert-OH is 1. The molecular weight excluding hydrogens is 320 g/mol. The summed E-state index contributed by atoms with van der Waals surface area (Å²) in [5, 5.41) is 10.4. The predicted molar refractivity (Wildman–Crippen MR) is 90.8 cm³/mol. The van der Waals surface area contributed by atoms with Gasteiger partial charge in [-0.3, -0.25) is 9.78 Å². The van der Waals surface area contributed by atoms with Crippen molar-refractivity contribution < 1.29 is 19.4 Å². The molecule has 0 aliphatic carbocycles. The Morgan fingerprint density at radius 3 is 2.80 bits per heavy atom. The molecule has 4 rings (SSSR count). The Kier molecular flexibility index (Phi) is 4.28. The lowest BCUT2D eigenvalue weighted by Gasteiger charge is -2.23. The standard InChI is InChI=1S/C19H20N2O4/c22-16-12-21(11-14(16)10-13-4-6-20-7-5-13)19(23)15-2-1-3-17-18(15)25-9-8-24-17/h1-7,14,16,22H,8-12H2/t14-,16-/m1/s1. The van der Waals surface area contributed by atoms with E-state index in [-0.39, 0.29) is 11.8 Å². The van der Waals surface area contributed by atoms with Crippen molar-refractivity contribution in [2.45, 2.75) is 12.5 Å². The van der Waals surface area contributed by atoms with E-state index in [4.69, 9.17) is 9.47 Å². The molecule has 2 atom stereocenters. The van der Waals surface area contributed by atoms with Gasteiger partial charge < -0.3 is 19.5 Å². The second kappa shape index (κ2) is 6.72. The zero-order chi connectivity index (χ0) is 17.2. The molecule has 1 amide bonds. The molecule has 1 fully saturated rings. The Labute approximate surface area is 146 Å². The van der Waals surface area contributed by atoms with Crippen LogP contribution in [0.15, 0.2) is 42.7 Å². The number of ether oxygens (including phenoxy) is 2. The quantitative estimate of drug-likeness (QED) is 0.917. The van der Waals surface area contributed by atoms with E-state index in [1.54, 1.807) is 35.5 Å². The van der Waals surface area contributed by atoms with Crippen molar-refractivity contribution in [1.82, 2.24) is 9.88 Å². The number of aromatic nitrogens is 1. The lowest BCUT2D eigenvalue weighted by molar-refractivity contribution is 0.0754. The fraction of sp³-hybridized carbons (Fsp3) is 0.368. The van der Waals surface area contributed by atoms with Gasteiger partial charge in [0.25, 0.3) is 5.91 Å². The summed E-state index contributed by atoms with van der Waals surface area (Å²) >= 11 is 0. The van der Waals surface area contributed by atoms with Gasteiger partial charge in [0, 0.05) is 31.4 Å². The highest BCUT2D eigenvalue weighted by Gasteiger charge is 2.35. The molecule has 130 valence electrons. The molecule has 0 saturated carbocycles. The van der Waals surface area contributed by atoms with E-state index < -0.39 is 6.10 Å². The third-order valence-electron chi connectivity index (χ3n) is 4.74. The summed E-state index contributed by atoms with van der Waals surface area (Å²) in [5.41, 5.74) is 1.61. The lowest BCUT2D eigenvalue weighted by atomic mass is 9.97. The molecule has 1 aromatic carbocycles. The highest BCUT2D eigenvalue weighted by Crippen LogP contribution is 2.35. The molecule has 0 spiro atoms. The fourth-order valence-corrected chi connectivity index (χ4v) is 3.45. The first kappa shape index (κ1) is 15.9. The van der Waals surface area contributed by atoms with E-state index in [0.29, 0.717) is 43.4 Å². The predicted octanol–water partition coefficient (Wildman–Crippen LogP) is 1.53. The molecule has 0 unspecified atom stereocenters. The van der Waals surface area contributed by atoms with Gasteiger partial charge in [0.05, 0.1) is 11.7 Å². The lowest BCUT2D eigenvalue weighted by Crippen LogP contribution is -2.30. The first-order valence-electron chi connectivity index (χ1n) is 8.47. The maximum absolute atomic E-state index is 12.9. The van der Waals surface area contributed by atoms with Crippen LogP contribution < -0.4 is 9.47 Å². The average Bonchev–Trinajstić information content (AvgIpc) is 3.02. The van der Waals surface area contributed by atoms with Gasteiger partial charge in [-0.2, -0.15) is 0 Å². The first-order chi connectivity index (χ1) is 12.2. The number of hydrogen-bond donors (Lipinski definition) is 1. The van der Waals surface area contributed by atoms with Gasteiger partial charge in [-0.25, -0.2) is 0 Å². The van der Waals surface area contributed by atoms with Crippen molar-refractivity contribution in [2.24, 2.45) is 5.92 Å². The molecule has 6 nitrogen and oxygen atoms in total. The van der Waals surface area contributed by atoms with Crippen molar-refractivity contribution in [3.8, 4) is 11.5 Å². The molecule has 1 saturated heterocycles. The molecular formula is C19H20N2O4. The molecule has 2 aromatic rings. The number of carbonyl (C=O) groups excluding carboxylic acids is 1. The Hall–Kier alpha value is -2.60. The largest absolute Gasteiger partial charge is 0.486 e. The topological polar surface area (TPSA) is 71.9 Å². The number of benzene rings is 1. The molecule has 1 N–H and O–H groups in total. The van der Waals surface area contributed by atoms with Crippen LogP contribution in [-0.4, -0.2) is 53.3 Å². The summed E-state index contributed by atoms with van der Waals surface area (Å²) in [5.74, 6) is 0.998. The summed E-state index contributed by atoms with van der Waals surface area (Å²) < 4.78 is 11.2. The Balaban J connectivity index is 1.50. The number of pyridine rings is 1. The van der Waals surface area contributed by atoms with E-state index in [1.807, 2.05) is 12.1 Å². The number of carbonyl (C=O) groups is 1. The van der Waals surface area contributed by atoms with Gasteiger partial charge in [0.15, 0.2) is 11.5 Å². The SMILES string of the molecule is O=C(c1cccc2c1OCCO2)N1C[C@@H](Cc2ccncc2)[C@H](O)C1. The second-order valence-corrected chi connectivity index (χ2v) is 6.43. The van der Waals surface area contributed by atoms with E-state index in [1.165, 1.54) is 0 Å². The van der Waals surface area contributed by atoms with Gasteiger partial charge in [-0.15, -0.1) is 0 Å². The van der Waals surface area contributed by atoms with E-state index >= 15 is 0 Å². The van der Waals surface area contributed by atoms with Crippen LogP contribution >= 0.6 is 0 Å². The van der Waals surface area contributed by atoms with E-state index in [0.717, 1.165) is 12.0 Å². The van der Waals surface area contributed by atoms with Crippen LogP contribution in [0.1, 0.15) is 15.9 Å². The molecule has 0 radical (unpaired) electrons. The molecule has 6 heteroatoms. The van der Waals surface area contributed by atoms with Gasteiger partial charge >= 0.3 is 0 Å². The number of rotatable bonds is 3. The van der Waals surface area contributed by atoms with Crippen molar-refractivity contribution in [3.63, 3.8) is 0 Å². The highest BCUT2D eigenvalue weighted by molar-refractivity contribution is 5.98. The van der Waals surface area contributed by atoms with Gasteiger partial charge in [-0.1, -0.05) is 6.07 Å². The van der Waals surface area contributed by atoms with Gasteiger partial charge in [0.2, 0.25) is 0 Å². The smallest absolute Gasteiger partial charge is 0.257 e. The van der Waals surface area contributed by atoms with Crippen molar-refractivity contribution in [2.75, 3.05) is 26.3 Å². The Bertz CT molecular complexity index is 765. The Morgan fingerprint density at radius 2 is 1.96 bits per heavy atom. The maximum atomic E-state index is 12.9. The molecule has 0 bridgehead atoms. The number of nitrogens with zero attached hydrogens (tertiary/aromatic N) is 2. The van der Waals surface area contributed by atoms with Crippen LogP contribution in [-0.2, 0) is 6.42 Å². The molecule has 1 aromatic heterocycles. The van der Waals surface area contributed by atoms with Crippen LogP contribution in [0.4, 0.5) is 0 Å². The Morgan fingerprint density at radius 1 is 1.16 bits per heavy atom. The highest BCUT2D eigenvalue weighted by atomic mass is 16.6. The van der Waals surface area contributed by atoms with Crippen LogP contribution in [0.3, 0.4) is 0 Å². The van der Waals surface area contributed by atoms with Crippen LogP contribution in [0.5, 0.6) is 11.5 Å². The zero-order valence-corrected chi connectivity index (χ0v) is 13.8. The zero-order valence-electron chi connectivity index (χ0n) is 13.8. The van der Waals surface area contributed by atoms with E-state index in [9.17, 15) is 9.90 Å². The van der Waals surface area contributed by atoms with Crippen LogP contribution in [0.25, 0.3) is 0 Å². The minimum Gasteiger partial charge on any atom is -0.486 e. The second-order valence-electron chi connectivity index (χ2n) is 6.43. The number of hydrogen-bond acceptors (Lipinski definition) is 5. The summed E-state index contributed by atoms with van der Waals surface area (Å²) in [6.07, 6.45) is 3.68. The molecule has 3 heterocycles. The number of amides is 1. The normalized spacial score (nSPS) is 22.0. The third-order valence-corrected chi connectivity index (χ3v) is 4.74. The number of likely N-dealkylation sites (tertiary alicyclic amines) is 1. The monoisotopic (exact) mass is 340 g/mol. The van der Waals surface area contributed by atoms with Crippen molar-refractivity contribution >= 4 is 5.91 Å². The molecule has 25 heavy (non-hydrogen) atoms.